The van der Waals surface area contributed by atoms with E-state index in [9.17, 15) is 14.9 Å². The van der Waals surface area contributed by atoms with E-state index in [0.29, 0.717) is 0 Å². The first-order valence-corrected chi connectivity index (χ1v) is 7.56. The number of hydrogen-bond acceptors (Lipinski definition) is 6. The molecule has 0 bridgehead atoms. The molecule has 0 radical (unpaired) electrons. The molecule has 0 saturated carbocycles. The number of hydrogen-bond donors (Lipinski definition) is 0. The Morgan fingerprint density at radius 2 is 2.12 bits per heavy atom. The second-order valence-corrected chi connectivity index (χ2v) is 5.68. The van der Waals surface area contributed by atoms with Gasteiger partial charge in [0.25, 0.3) is 5.69 Å². The molecule has 0 unspecified atom stereocenters. The minimum absolute atomic E-state index is 0.191. The first kappa shape index (κ1) is 18.2. The van der Waals surface area contributed by atoms with Crippen LogP contribution in [0.25, 0.3) is 17.4 Å². The Balaban J connectivity index is 2.38. The number of esters is 1. The van der Waals surface area contributed by atoms with E-state index in [1.807, 2.05) is 0 Å². The topological polar surface area (TPSA) is 106 Å². The molecule has 0 saturated heterocycles. The van der Waals surface area contributed by atoms with E-state index < -0.39 is 10.9 Å². The zero-order chi connectivity index (χ0) is 18.6. The third-order valence-electron chi connectivity index (χ3n) is 3.02. The van der Waals surface area contributed by atoms with Crippen LogP contribution in [0.5, 0.6) is 0 Å². The van der Waals surface area contributed by atoms with Gasteiger partial charge in [0.05, 0.1) is 16.6 Å². The van der Waals surface area contributed by atoms with Gasteiger partial charge in [-0.3, -0.25) is 10.1 Å². The quantitative estimate of drug-likeness (QED) is 0.258. The number of halogens is 1. The summed E-state index contributed by atoms with van der Waals surface area (Å²) in [6, 6.07) is 8.93. The summed E-state index contributed by atoms with van der Waals surface area (Å²) < 4.78 is 10.5. The molecule has 0 N–H and O–H groups in total. The Hall–Kier alpha value is -3.11. The van der Waals surface area contributed by atoms with E-state index in [4.69, 9.17) is 26.0 Å². The molecule has 0 aliphatic rings. The molecule has 2 aromatic rings. The summed E-state index contributed by atoms with van der Waals surface area (Å²) in [4.78, 5) is 22.4. The van der Waals surface area contributed by atoms with Gasteiger partial charge in [-0.15, -0.1) is 0 Å². The SMILES string of the molecule is CC(C)OC(=O)/C(C#N)=C/c1ccc(-c2ccc(Cl)cc2[N+](=O)[O-])o1. The van der Waals surface area contributed by atoms with Crippen LogP contribution in [0.4, 0.5) is 5.69 Å². The number of ether oxygens (including phenoxy) is 1. The largest absolute Gasteiger partial charge is 0.459 e. The molecule has 25 heavy (non-hydrogen) atoms. The van der Waals surface area contributed by atoms with Gasteiger partial charge in [-0.25, -0.2) is 4.79 Å². The first-order chi connectivity index (χ1) is 11.8. The molecule has 8 heteroatoms. The molecule has 7 nitrogen and oxygen atoms in total. The number of carbonyl (C=O) groups excluding carboxylic acids is 1. The average molecular weight is 361 g/mol. The maximum Gasteiger partial charge on any atom is 0.349 e. The van der Waals surface area contributed by atoms with Crippen molar-refractivity contribution in [2.24, 2.45) is 0 Å². The molecule has 1 aromatic carbocycles. The summed E-state index contributed by atoms with van der Waals surface area (Å²) in [5, 5.41) is 20.5. The average Bonchev–Trinajstić information content (AvgIpc) is 3.00. The summed E-state index contributed by atoms with van der Waals surface area (Å²) in [5.41, 5.74) is -0.213. The number of nitro groups is 1. The van der Waals surface area contributed by atoms with Crippen molar-refractivity contribution in [1.82, 2.24) is 0 Å². The number of nitrogens with zero attached hydrogens (tertiary/aromatic N) is 2. The highest BCUT2D eigenvalue weighted by molar-refractivity contribution is 6.30. The van der Waals surface area contributed by atoms with Gasteiger partial charge in [0.15, 0.2) is 0 Å². The molecule has 1 aromatic heterocycles. The maximum atomic E-state index is 11.8. The van der Waals surface area contributed by atoms with Crippen LogP contribution in [0.2, 0.25) is 5.02 Å². The van der Waals surface area contributed by atoms with Crippen molar-refractivity contribution >= 4 is 29.3 Å². The van der Waals surface area contributed by atoms with Crippen molar-refractivity contribution in [3.8, 4) is 17.4 Å². The Labute approximate surface area is 148 Å². The van der Waals surface area contributed by atoms with Gasteiger partial charge in [0.2, 0.25) is 0 Å². The Bertz CT molecular complexity index is 893. The highest BCUT2D eigenvalue weighted by Gasteiger charge is 2.19. The van der Waals surface area contributed by atoms with Crippen LogP contribution in [0.1, 0.15) is 19.6 Å². The standard InChI is InChI=1S/C17H13ClN2O5/c1-10(2)24-17(21)11(9-19)7-13-4-6-16(25-13)14-5-3-12(18)8-15(14)20(22)23/h3-8,10H,1-2H3/b11-7+. The number of nitriles is 1. The summed E-state index contributed by atoms with van der Waals surface area (Å²) in [5.74, 6) is -0.367. The molecule has 0 aliphatic carbocycles. The van der Waals surface area contributed by atoms with Gasteiger partial charge in [-0.2, -0.15) is 5.26 Å². The predicted octanol–water partition coefficient (Wildman–Crippen LogP) is 4.37. The fraction of sp³-hybridized carbons (Fsp3) is 0.176. The van der Waals surface area contributed by atoms with Gasteiger partial charge in [0.1, 0.15) is 23.2 Å². The van der Waals surface area contributed by atoms with Crippen molar-refractivity contribution in [2.45, 2.75) is 20.0 Å². The molecule has 1 heterocycles. The molecule has 0 aliphatic heterocycles. The van der Waals surface area contributed by atoms with Crippen molar-refractivity contribution in [3.05, 3.63) is 56.8 Å². The first-order valence-electron chi connectivity index (χ1n) is 7.18. The molecule has 2 rings (SSSR count). The third kappa shape index (κ3) is 4.46. The highest BCUT2D eigenvalue weighted by Crippen LogP contribution is 2.33. The van der Waals surface area contributed by atoms with Gasteiger partial charge in [0, 0.05) is 17.2 Å². The molecular formula is C17H13ClN2O5. The highest BCUT2D eigenvalue weighted by atomic mass is 35.5. The van der Waals surface area contributed by atoms with Gasteiger partial charge < -0.3 is 9.15 Å². The second kappa shape index (κ2) is 7.64. The smallest absolute Gasteiger partial charge is 0.349 e. The minimum atomic E-state index is -0.770. The lowest BCUT2D eigenvalue weighted by atomic mass is 10.1. The molecule has 0 atom stereocenters. The normalized spacial score (nSPS) is 11.2. The van der Waals surface area contributed by atoms with Crippen LogP contribution in [0.3, 0.4) is 0 Å². The van der Waals surface area contributed by atoms with Crippen LogP contribution in [-0.2, 0) is 9.53 Å². The lowest BCUT2D eigenvalue weighted by Gasteiger charge is -2.05. The van der Waals surface area contributed by atoms with Crippen LogP contribution >= 0.6 is 11.6 Å². The van der Waals surface area contributed by atoms with E-state index >= 15 is 0 Å². The van der Waals surface area contributed by atoms with E-state index in [1.165, 1.54) is 36.4 Å². The summed E-state index contributed by atoms with van der Waals surface area (Å²) >= 11 is 5.79. The lowest BCUT2D eigenvalue weighted by molar-refractivity contribution is -0.384. The fourth-order valence-electron chi connectivity index (χ4n) is 2.00. The minimum Gasteiger partial charge on any atom is -0.459 e. The van der Waals surface area contributed by atoms with E-state index in [0.717, 1.165) is 0 Å². The molecule has 128 valence electrons. The molecule has 0 spiro atoms. The van der Waals surface area contributed by atoms with Crippen molar-refractivity contribution in [1.29, 1.82) is 5.26 Å². The number of nitro benzene ring substituents is 1. The Morgan fingerprint density at radius 1 is 1.40 bits per heavy atom. The predicted molar refractivity (Wildman–Crippen MR) is 90.6 cm³/mol. The van der Waals surface area contributed by atoms with Gasteiger partial charge in [-0.1, -0.05) is 11.6 Å². The van der Waals surface area contributed by atoms with E-state index in [2.05, 4.69) is 0 Å². The molecule has 0 amide bonds. The second-order valence-electron chi connectivity index (χ2n) is 5.24. The summed E-state index contributed by atoms with van der Waals surface area (Å²) in [7, 11) is 0. The fourth-order valence-corrected chi connectivity index (χ4v) is 2.16. The Morgan fingerprint density at radius 3 is 2.72 bits per heavy atom. The maximum absolute atomic E-state index is 11.8. The molecular weight excluding hydrogens is 348 g/mol. The van der Waals surface area contributed by atoms with Gasteiger partial charge >= 0.3 is 5.97 Å². The van der Waals surface area contributed by atoms with Crippen molar-refractivity contribution in [3.63, 3.8) is 0 Å². The zero-order valence-electron chi connectivity index (χ0n) is 13.4. The summed E-state index contributed by atoms with van der Waals surface area (Å²) in [6.07, 6.45) is 0.851. The monoisotopic (exact) mass is 360 g/mol. The van der Waals surface area contributed by atoms with Crippen LogP contribution < -0.4 is 0 Å². The lowest BCUT2D eigenvalue weighted by Crippen LogP contribution is -2.12. The van der Waals surface area contributed by atoms with Crippen LogP contribution in [-0.4, -0.2) is 17.0 Å². The number of carbonyl (C=O) groups is 1. The van der Waals surface area contributed by atoms with E-state index in [-0.39, 0.29) is 39.5 Å². The van der Waals surface area contributed by atoms with Crippen LogP contribution in [0.15, 0.2) is 40.3 Å². The van der Waals surface area contributed by atoms with E-state index in [1.54, 1.807) is 19.9 Å². The van der Waals surface area contributed by atoms with Crippen molar-refractivity contribution in [2.75, 3.05) is 0 Å². The molecule has 0 fully saturated rings. The Kier molecular flexibility index (Phi) is 5.57. The number of rotatable bonds is 5. The van der Waals surface area contributed by atoms with Crippen molar-refractivity contribution < 1.29 is 18.9 Å². The number of furan rings is 1. The van der Waals surface area contributed by atoms with Crippen LogP contribution in [0, 0.1) is 21.4 Å². The summed E-state index contributed by atoms with van der Waals surface area (Å²) in [6.45, 7) is 3.33. The zero-order valence-corrected chi connectivity index (χ0v) is 14.1. The number of benzene rings is 1. The third-order valence-corrected chi connectivity index (χ3v) is 3.25. The van der Waals surface area contributed by atoms with Gasteiger partial charge in [-0.05, 0) is 38.1 Å².